The Balaban J connectivity index is 1.63. The number of rotatable bonds is 8. The maximum atomic E-state index is 9.60. The molecule has 1 unspecified atom stereocenters. The van der Waals surface area contributed by atoms with Gasteiger partial charge in [-0.15, -0.1) is 0 Å². The van der Waals surface area contributed by atoms with Crippen LogP contribution >= 0.6 is 0 Å². The van der Waals surface area contributed by atoms with Crippen molar-refractivity contribution in [1.29, 1.82) is 0 Å². The maximum Gasteiger partial charge on any atom is 0.0603 e. The third-order valence-corrected chi connectivity index (χ3v) is 6.09. The fourth-order valence-electron chi connectivity index (χ4n) is 4.59. The summed E-state index contributed by atoms with van der Waals surface area (Å²) in [7, 11) is 0. The molecule has 0 radical (unpaired) electrons. The summed E-state index contributed by atoms with van der Waals surface area (Å²) in [5.74, 6) is 3.13. The van der Waals surface area contributed by atoms with Gasteiger partial charge >= 0.3 is 0 Å². The predicted octanol–water partition coefficient (Wildman–Crippen LogP) is 5.58. The fraction of sp³-hybridized carbons (Fsp3) is 1.00. The number of hydrogen-bond donors (Lipinski definition) is 1. The molecule has 3 atom stereocenters. The highest BCUT2D eigenvalue weighted by Gasteiger charge is 2.27. The lowest BCUT2D eigenvalue weighted by Crippen LogP contribution is -2.30. The van der Waals surface area contributed by atoms with E-state index in [0.29, 0.717) is 12.0 Å². The summed E-state index contributed by atoms with van der Waals surface area (Å²) in [4.78, 5) is 0. The first-order valence-electron chi connectivity index (χ1n) is 10.3. The Morgan fingerprint density at radius 2 is 1.65 bits per heavy atom. The molecular weight excluding hydrogens is 284 g/mol. The molecule has 0 saturated heterocycles. The van der Waals surface area contributed by atoms with Crippen LogP contribution in [-0.2, 0) is 4.74 Å². The third kappa shape index (κ3) is 7.13. The average Bonchev–Trinajstić information content (AvgIpc) is 2.53. The molecular formula is C21H40O2. The molecule has 1 N–H and O–H groups in total. The fourth-order valence-corrected chi connectivity index (χ4v) is 4.59. The number of ether oxygens (including phenoxy) is 1. The van der Waals surface area contributed by atoms with Crippen molar-refractivity contribution in [2.45, 2.75) is 104 Å². The van der Waals surface area contributed by atoms with Gasteiger partial charge in [0.25, 0.3) is 0 Å². The topological polar surface area (TPSA) is 29.5 Å². The molecule has 2 aliphatic rings. The van der Waals surface area contributed by atoms with Crippen LogP contribution in [0.15, 0.2) is 0 Å². The Hall–Kier alpha value is -0.0800. The molecule has 0 aromatic carbocycles. The van der Waals surface area contributed by atoms with Gasteiger partial charge in [0.1, 0.15) is 0 Å². The first-order chi connectivity index (χ1) is 11.0. The smallest absolute Gasteiger partial charge is 0.0603 e. The van der Waals surface area contributed by atoms with Crippen LogP contribution in [0.1, 0.15) is 91.4 Å². The van der Waals surface area contributed by atoms with Gasteiger partial charge in [-0.1, -0.05) is 40.0 Å². The highest BCUT2D eigenvalue weighted by atomic mass is 16.5. The van der Waals surface area contributed by atoms with Crippen molar-refractivity contribution in [2.75, 3.05) is 6.61 Å². The molecule has 136 valence electrons. The van der Waals surface area contributed by atoms with Crippen molar-refractivity contribution in [3.05, 3.63) is 0 Å². The van der Waals surface area contributed by atoms with Crippen LogP contribution in [0.25, 0.3) is 0 Å². The van der Waals surface area contributed by atoms with E-state index in [1.807, 2.05) is 0 Å². The summed E-state index contributed by atoms with van der Waals surface area (Å²) in [6.45, 7) is 8.00. The molecule has 2 saturated carbocycles. The Morgan fingerprint density at radius 1 is 0.957 bits per heavy atom. The number of hydrogen-bond acceptors (Lipinski definition) is 2. The zero-order valence-electron chi connectivity index (χ0n) is 15.8. The summed E-state index contributed by atoms with van der Waals surface area (Å²) in [5.41, 5.74) is 0. The molecule has 0 spiro atoms. The average molecular weight is 325 g/mol. The monoisotopic (exact) mass is 324 g/mol. The summed E-state index contributed by atoms with van der Waals surface area (Å²) < 4.78 is 6.38. The van der Waals surface area contributed by atoms with Gasteiger partial charge in [0.15, 0.2) is 0 Å². The van der Waals surface area contributed by atoms with E-state index in [4.69, 9.17) is 4.74 Å². The second-order valence-corrected chi connectivity index (χ2v) is 8.90. The lowest BCUT2D eigenvalue weighted by molar-refractivity contribution is -0.0320. The Morgan fingerprint density at radius 3 is 2.35 bits per heavy atom. The van der Waals surface area contributed by atoms with Crippen molar-refractivity contribution in [3.8, 4) is 0 Å². The van der Waals surface area contributed by atoms with Crippen LogP contribution in [-0.4, -0.2) is 23.9 Å². The van der Waals surface area contributed by atoms with Crippen LogP contribution in [0.2, 0.25) is 0 Å². The van der Waals surface area contributed by atoms with Crippen molar-refractivity contribution in [2.24, 2.45) is 23.7 Å². The molecule has 0 aliphatic heterocycles. The lowest BCUT2D eigenvalue weighted by atomic mass is 9.81. The molecule has 2 aliphatic carbocycles. The van der Waals surface area contributed by atoms with Crippen LogP contribution in [0.4, 0.5) is 0 Å². The molecule has 2 rings (SSSR count). The van der Waals surface area contributed by atoms with Gasteiger partial charge in [-0.25, -0.2) is 0 Å². The molecule has 23 heavy (non-hydrogen) atoms. The number of aliphatic hydroxyl groups is 1. The Labute approximate surface area is 144 Å². The van der Waals surface area contributed by atoms with Crippen LogP contribution in [0.3, 0.4) is 0 Å². The van der Waals surface area contributed by atoms with E-state index < -0.39 is 0 Å². The molecule has 0 aromatic rings. The van der Waals surface area contributed by atoms with Gasteiger partial charge in [-0.2, -0.15) is 0 Å². The van der Waals surface area contributed by atoms with Gasteiger partial charge < -0.3 is 9.84 Å². The zero-order chi connectivity index (χ0) is 16.7. The van der Waals surface area contributed by atoms with Crippen LogP contribution < -0.4 is 0 Å². The van der Waals surface area contributed by atoms with Crippen LogP contribution in [0.5, 0.6) is 0 Å². The molecule has 2 nitrogen and oxygen atoms in total. The number of aliphatic hydroxyl groups excluding tert-OH is 1. The van der Waals surface area contributed by atoms with Gasteiger partial charge in [0.05, 0.1) is 12.2 Å². The second-order valence-electron chi connectivity index (χ2n) is 8.90. The Kier molecular flexibility index (Phi) is 8.40. The maximum absolute atomic E-state index is 9.60. The van der Waals surface area contributed by atoms with E-state index in [9.17, 15) is 5.11 Å². The first kappa shape index (κ1) is 19.2. The quantitative estimate of drug-likeness (QED) is 0.632. The standard InChI is InChI=1S/C21H40O2/c1-16(2)14-19-6-4-5-7-21(19)23-15-17(3)8-9-18-10-12-20(22)13-11-18/h16-22H,4-15H2,1-3H3/t17?,18?,19-,20?,21+/m1/s1. The summed E-state index contributed by atoms with van der Waals surface area (Å²) >= 11 is 0. The van der Waals surface area contributed by atoms with Crippen LogP contribution in [0, 0.1) is 23.7 Å². The third-order valence-electron chi connectivity index (χ3n) is 6.09. The highest BCUT2D eigenvalue weighted by molar-refractivity contribution is 4.77. The molecule has 2 fully saturated rings. The molecule has 0 heterocycles. The molecule has 0 aromatic heterocycles. The minimum atomic E-state index is -0.0174. The van der Waals surface area contributed by atoms with Crippen molar-refractivity contribution in [1.82, 2.24) is 0 Å². The van der Waals surface area contributed by atoms with Gasteiger partial charge in [0, 0.05) is 6.61 Å². The largest absolute Gasteiger partial charge is 0.393 e. The van der Waals surface area contributed by atoms with E-state index in [1.54, 1.807) is 0 Å². The van der Waals surface area contributed by atoms with E-state index in [2.05, 4.69) is 20.8 Å². The normalized spacial score (nSPS) is 33.8. The zero-order valence-corrected chi connectivity index (χ0v) is 15.8. The second kappa shape index (κ2) is 10.0. The van der Waals surface area contributed by atoms with E-state index >= 15 is 0 Å². The predicted molar refractivity (Wildman–Crippen MR) is 97.5 cm³/mol. The minimum absolute atomic E-state index is 0.0174. The van der Waals surface area contributed by atoms with Crippen molar-refractivity contribution >= 4 is 0 Å². The van der Waals surface area contributed by atoms with E-state index in [0.717, 1.165) is 37.2 Å². The Bertz CT molecular complexity index is 307. The van der Waals surface area contributed by atoms with Gasteiger partial charge in [-0.3, -0.25) is 0 Å². The van der Waals surface area contributed by atoms with Crippen molar-refractivity contribution < 1.29 is 9.84 Å². The van der Waals surface area contributed by atoms with E-state index in [-0.39, 0.29) is 6.10 Å². The molecule has 0 bridgehead atoms. The first-order valence-corrected chi connectivity index (χ1v) is 10.3. The van der Waals surface area contributed by atoms with Crippen molar-refractivity contribution in [3.63, 3.8) is 0 Å². The molecule has 2 heteroatoms. The summed E-state index contributed by atoms with van der Waals surface area (Å²) in [5, 5.41) is 9.60. The summed E-state index contributed by atoms with van der Waals surface area (Å²) in [6.07, 6.45) is 14.4. The van der Waals surface area contributed by atoms with Gasteiger partial charge in [0.2, 0.25) is 0 Å². The summed E-state index contributed by atoms with van der Waals surface area (Å²) in [6, 6.07) is 0. The minimum Gasteiger partial charge on any atom is -0.393 e. The SMILES string of the molecule is CC(C)C[C@H]1CCCC[C@@H]1OCC(C)CCC1CCC(O)CC1. The lowest BCUT2D eigenvalue weighted by Gasteiger charge is -2.33. The van der Waals surface area contributed by atoms with E-state index in [1.165, 1.54) is 57.8 Å². The molecule has 0 amide bonds. The van der Waals surface area contributed by atoms with Gasteiger partial charge in [-0.05, 0) is 75.0 Å². The highest BCUT2D eigenvalue weighted by Crippen LogP contribution is 2.33.